The highest BCUT2D eigenvalue weighted by atomic mass is 35.5. The van der Waals surface area contributed by atoms with Gasteiger partial charge in [-0.1, -0.05) is 23.7 Å². The number of hydrogen-bond donors (Lipinski definition) is 1. The first-order valence-electron chi connectivity index (χ1n) is 7.70. The summed E-state index contributed by atoms with van der Waals surface area (Å²) in [4.78, 5) is 25.4. The van der Waals surface area contributed by atoms with Crippen LogP contribution in [0.2, 0.25) is 5.02 Å². The summed E-state index contributed by atoms with van der Waals surface area (Å²) in [5, 5.41) is 3.10. The fourth-order valence-corrected chi connectivity index (χ4v) is 3.41. The molecule has 0 aromatic heterocycles. The number of carbonyl (C=O) groups is 2. The van der Waals surface area contributed by atoms with Crippen molar-refractivity contribution in [2.24, 2.45) is 0 Å². The predicted octanol–water partition coefficient (Wildman–Crippen LogP) is 0.573. The van der Waals surface area contributed by atoms with Gasteiger partial charge in [-0.15, -0.1) is 0 Å². The molecule has 1 N–H and O–H groups in total. The van der Waals surface area contributed by atoms with Crippen LogP contribution in [0.4, 0.5) is 0 Å². The van der Waals surface area contributed by atoms with E-state index in [1.807, 2.05) is 6.07 Å². The molecule has 1 saturated heterocycles. The Kier molecular flexibility index (Phi) is 6.57. The summed E-state index contributed by atoms with van der Waals surface area (Å²) in [6.45, 7) is 1.05. The minimum atomic E-state index is -3.23. The molecule has 136 valence electrons. The summed E-state index contributed by atoms with van der Waals surface area (Å²) in [6.07, 6.45) is 4.09. The van der Waals surface area contributed by atoms with Crippen molar-refractivity contribution >= 4 is 39.5 Å². The van der Waals surface area contributed by atoms with Crippen molar-refractivity contribution in [3.63, 3.8) is 0 Å². The first kappa shape index (κ1) is 19.4. The van der Waals surface area contributed by atoms with Crippen LogP contribution in [0.25, 0.3) is 6.08 Å². The van der Waals surface area contributed by atoms with Gasteiger partial charge in [-0.2, -0.15) is 4.31 Å². The van der Waals surface area contributed by atoms with Gasteiger partial charge in [-0.05, 0) is 23.8 Å². The van der Waals surface area contributed by atoms with Crippen molar-refractivity contribution < 1.29 is 18.0 Å². The minimum absolute atomic E-state index is 0.127. The molecule has 1 aliphatic heterocycles. The Morgan fingerprint density at radius 3 is 2.52 bits per heavy atom. The van der Waals surface area contributed by atoms with Gasteiger partial charge in [0.05, 0.1) is 12.8 Å². The molecular weight excluding hydrogens is 366 g/mol. The van der Waals surface area contributed by atoms with E-state index in [-0.39, 0.29) is 31.4 Å². The van der Waals surface area contributed by atoms with E-state index >= 15 is 0 Å². The van der Waals surface area contributed by atoms with Crippen molar-refractivity contribution in [3.05, 3.63) is 40.9 Å². The molecule has 0 saturated carbocycles. The van der Waals surface area contributed by atoms with Gasteiger partial charge in [0.15, 0.2) is 0 Å². The maximum atomic E-state index is 12.1. The first-order valence-corrected chi connectivity index (χ1v) is 9.93. The van der Waals surface area contributed by atoms with E-state index in [4.69, 9.17) is 11.6 Å². The second-order valence-corrected chi connectivity index (χ2v) is 8.07. The van der Waals surface area contributed by atoms with E-state index in [0.717, 1.165) is 11.8 Å². The molecule has 0 bridgehead atoms. The van der Waals surface area contributed by atoms with Gasteiger partial charge in [0.25, 0.3) is 0 Å². The summed E-state index contributed by atoms with van der Waals surface area (Å²) in [7, 11) is -3.23. The van der Waals surface area contributed by atoms with Crippen molar-refractivity contribution in [1.82, 2.24) is 14.5 Å². The zero-order valence-electron chi connectivity index (χ0n) is 13.8. The number of amides is 2. The molecule has 0 spiro atoms. The molecule has 9 heteroatoms. The Balaban J connectivity index is 1.77. The van der Waals surface area contributed by atoms with E-state index < -0.39 is 10.0 Å². The lowest BCUT2D eigenvalue weighted by Gasteiger charge is -2.33. The fraction of sp³-hybridized carbons (Fsp3) is 0.375. The average Bonchev–Trinajstić information content (AvgIpc) is 2.57. The summed E-state index contributed by atoms with van der Waals surface area (Å²) in [5.74, 6) is -0.624. The highest BCUT2D eigenvalue weighted by Gasteiger charge is 2.25. The Morgan fingerprint density at radius 2 is 1.92 bits per heavy atom. The number of carbonyl (C=O) groups excluding carboxylic acids is 2. The topological polar surface area (TPSA) is 86.8 Å². The SMILES string of the molecule is CS(=O)(=O)N1CCN(C(=O)CNC(=O)/C=C/c2cccc(Cl)c2)CC1. The third-order valence-corrected chi connectivity index (χ3v) is 5.29. The van der Waals surface area contributed by atoms with Crippen molar-refractivity contribution in [1.29, 1.82) is 0 Å². The highest BCUT2D eigenvalue weighted by molar-refractivity contribution is 7.88. The summed E-state index contributed by atoms with van der Waals surface area (Å²) >= 11 is 5.86. The van der Waals surface area contributed by atoms with Gasteiger partial charge in [-0.3, -0.25) is 9.59 Å². The third kappa shape index (κ3) is 6.15. The van der Waals surface area contributed by atoms with Crippen LogP contribution in [-0.4, -0.2) is 68.4 Å². The fourth-order valence-electron chi connectivity index (χ4n) is 2.38. The molecule has 7 nitrogen and oxygen atoms in total. The van der Waals surface area contributed by atoms with Crippen LogP contribution in [0.3, 0.4) is 0 Å². The summed E-state index contributed by atoms with van der Waals surface area (Å²) < 4.78 is 24.2. The van der Waals surface area contributed by atoms with E-state index in [9.17, 15) is 18.0 Å². The number of nitrogens with one attached hydrogen (secondary N) is 1. The van der Waals surface area contributed by atoms with Crippen LogP contribution >= 0.6 is 11.6 Å². The third-order valence-electron chi connectivity index (χ3n) is 3.75. The van der Waals surface area contributed by atoms with Crippen LogP contribution in [0, 0.1) is 0 Å². The van der Waals surface area contributed by atoms with Crippen molar-refractivity contribution in [2.45, 2.75) is 0 Å². The van der Waals surface area contributed by atoms with E-state index in [1.165, 1.54) is 10.4 Å². The van der Waals surface area contributed by atoms with Gasteiger partial charge in [0.2, 0.25) is 21.8 Å². The highest BCUT2D eigenvalue weighted by Crippen LogP contribution is 2.11. The molecule has 1 fully saturated rings. The molecule has 0 radical (unpaired) electrons. The zero-order chi connectivity index (χ0) is 18.4. The predicted molar refractivity (Wildman–Crippen MR) is 96.5 cm³/mol. The lowest BCUT2D eigenvalue weighted by Crippen LogP contribution is -2.52. The van der Waals surface area contributed by atoms with Gasteiger partial charge in [-0.25, -0.2) is 8.42 Å². The van der Waals surface area contributed by atoms with Crippen LogP contribution in [-0.2, 0) is 19.6 Å². The molecule has 1 aromatic rings. The van der Waals surface area contributed by atoms with Gasteiger partial charge >= 0.3 is 0 Å². The quantitative estimate of drug-likeness (QED) is 0.751. The minimum Gasteiger partial charge on any atom is -0.343 e. The lowest BCUT2D eigenvalue weighted by molar-refractivity contribution is -0.133. The zero-order valence-corrected chi connectivity index (χ0v) is 15.4. The molecule has 2 amide bonds. The van der Waals surface area contributed by atoms with Gasteiger partial charge in [0, 0.05) is 37.3 Å². The van der Waals surface area contributed by atoms with Crippen molar-refractivity contribution in [2.75, 3.05) is 39.0 Å². The molecule has 25 heavy (non-hydrogen) atoms. The first-order chi connectivity index (χ1) is 11.8. The Labute approximate surface area is 152 Å². The lowest BCUT2D eigenvalue weighted by atomic mass is 10.2. The molecule has 1 aliphatic rings. The molecule has 0 aliphatic carbocycles. The standard InChI is InChI=1S/C16H20ClN3O4S/c1-25(23,24)20-9-7-19(8-10-20)16(22)12-18-15(21)6-5-13-3-2-4-14(17)11-13/h2-6,11H,7-10,12H2,1H3,(H,18,21)/b6-5+. The molecule has 1 heterocycles. The van der Waals surface area contributed by atoms with Crippen LogP contribution in [0.5, 0.6) is 0 Å². The molecule has 0 atom stereocenters. The number of benzene rings is 1. The number of sulfonamides is 1. The van der Waals surface area contributed by atoms with Crippen LogP contribution < -0.4 is 5.32 Å². The average molecular weight is 386 g/mol. The summed E-state index contributed by atoms with van der Waals surface area (Å²) in [5.41, 5.74) is 0.783. The second kappa shape index (κ2) is 8.46. The monoisotopic (exact) mass is 385 g/mol. The summed E-state index contributed by atoms with van der Waals surface area (Å²) in [6, 6.07) is 7.04. The Morgan fingerprint density at radius 1 is 1.24 bits per heavy atom. The normalized spacial score (nSPS) is 16.2. The number of rotatable bonds is 5. The second-order valence-electron chi connectivity index (χ2n) is 5.65. The van der Waals surface area contributed by atoms with E-state index in [1.54, 1.807) is 29.2 Å². The smallest absolute Gasteiger partial charge is 0.244 e. The number of hydrogen-bond acceptors (Lipinski definition) is 4. The molecule has 2 rings (SSSR count). The number of nitrogens with zero attached hydrogens (tertiary/aromatic N) is 2. The number of halogens is 1. The molecule has 1 aromatic carbocycles. The Hall–Kier alpha value is -1.90. The maximum Gasteiger partial charge on any atom is 0.244 e. The largest absolute Gasteiger partial charge is 0.343 e. The number of piperazine rings is 1. The molecular formula is C16H20ClN3O4S. The van der Waals surface area contributed by atoms with Gasteiger partial charge < -0.3 is 10.2 Å². The maximum absolute atomic E-state index is 12.1. The molecule has 0 unspecified atom stereocenters. The Bertz CT molecular complexity index is 771. The van der Waals surface area contributed by atoms with Gasteiger partial charge in [0.1, 0.15) is 0 Å². The van der Waals surface area contributed by atoms with E-state index in [2.05, 4.69) is 5.32 Å². The van der Waals surface area contributed by atoms with E-state index in [0.29, 0.717) is 18.1 Å². The van der Waals surface area contributed by atoms with Crippen LogP contribution in [0.1, 0.15) is 5.56 Å². The van der Waals surface area contributed by atoms with Crippen molar-refractivity contribution in [3.8, 4) is 0 Å². The van der Waals surface area contributed by atoms with Crippen LogP contribution in [0.15, 0.2) is 30.3 Å².